The van der Waals surface area contributed by atoms with Gasteiger partial charge in [-0.3, -0.25) is 4.68 Å². The molecule has 0 amide bonds. The first-order valence-corrected chi connectivity index (χ1v) is 8.92. The quantitative estimate of drug-likeness (QED) is 0.791. The SMILES string of the molecule is Cc1cc(Cl)cc(-c2cnn(C)c2)c1OC1CCNCC1.O=C(O)C(F)(F)F. The van der Waals surface area contributed by atoms with Crippen LogP contribution in [0.4, 0.5) is 13.2 Å². The first kappa shape index (κ1) is 22.0. The van der Waals surface area contributed by atoms with Crippen molar-refractivity contribution in [2.45, 2.75) is 32.0 Å². The van der Waals surface area contributed by atoms with Crippen LogP contribution in [0.25, 0.3) is 11.1 Å². The van der Waals surface area contributed by atoms with Crippen LogP contribution in [0.3, 0.4) is 0 Å². The molecule has 1 aliphatic heterocycles. The van der Waals surface area contributed by atoms with E-state index in [9.17, 15) is 13.2 Å². The molecule has 154 valence electrons. The van der Waals surface area contributed by atoms with Crippen LogP contribution in [-0.2, 0) is 11.8 Å². The lowest BCUT2D eigenvalue weighted by Gasteiger charge is -2.26. The Balaban J connectivity index is 0.000000345. The number of ether oxygens (including phenoxy) is 1. The number of rotatable bonds is 3. The molecule has 0 saturated carbocycles. The number of piperidine rings is 1. The number of carboxylic acid groups (broad SMARTS) is 1. The van der Waals surface area contributed by atoms with Gasteiger partial charge in [-0.25, -0.2) is 4.79 Å². The Kier molecular flexibility index (Phi) is 7.31. The second-order valence-corrected chi connectivity index (χ2v) is 6.81. The van der Waals surface area contributed by atoms with E-state index in [-0.39, 0.29) is 6.10 Å². The predicted octanol–water partition coefficient (Wildman–Crippen LogP) is 3.81. The number of halogens is 4. The van der Waals surface area contributed by atoms with E-state index in [0.29, 0.717) is 0 Å². The highest BCUT2D eigenvalue weighted by molar-refractivity contribution is 6.31. The molecule has 1 aromatic heterocycles. The minimum absolute atomic E-state index is 0.265. The lowest BCUT2D eigenvalue weighted by Crippen LogP contribution is -2.34. The number of aliphatic carboxylic acids is 1. The van der Waals surface area contributed by atoms with Crippen LogP contribution >= 0.6 is 11.6 Å². The molecule has 0 spiro atoms. The molecule has 1 fully saturated rings. The van der Waals surface area contributed by atoms with Gasteiger partial charge in [0, 0.05) is 29.4 Å². The van der Waals surface area contributed by atoms with Gasteiger partial charge in [-0.05, 0) is 50.6 Å². The standard InChI is InChI=1S/C16H20ClN3O.C2HF3O2/c1-11-7-13(17)8-15(12-9-19-20(2)10-12)16(11)21-14-3-5-18-6-4-14;3-2(4,5)1(6)7/h7-10,14,18H,3-6H2,1-2H3;(H,6,7). The Bertz CT molecular complexity index is 818. The fraction of sp³-hybridized carbons (Fsp3) is 0.444. The molecule has 10 heteroatoms. The molecule has 2 N–H and O–H groups in total. The predicted molar refractivity (Wildman–Crippen MR) is 98.6 cm³/mol. The molecule has 0 bridgehead atoms. The van der Waals surface area contributed by atoms with Crippen molar-refractivity contribution < 1.29 is 27.8 Å². The minimum atomic E-state index is -5.08. The Labute approximate surface area is 165 Å². The molecule has 0 atom stereocenters. The fourth-order valence-electron chi connectivity index (χ4n) is 2.74. The number of benzene rings is 1. The van der Waals surface area contributed by atoms with E-state index in [1.54, 1.807) is 4.68 Å². The topological polar surface area (TPSA) is 76.4 Å². The number of alkyl halides is 3. The number of carboxylic acids is 1. The van der Waals surface area contributed by atoms with Crippen molar-refractivity contribution in [1.29, 1.82) is 0 Å². The van der Waals surface area contributed by atoms with Gasteiger partial charge in [-0.15, -0.1) is 0 Å². The lowest BCUT2D eigenvalue weighted by molar-refractivity contribution is -0.192. The number of nitrogens with one attached hydrogen (secondary N) is 1. The largest absolute Gasteiger partial charge is 0.490 e. The highest BCUT2D eigenvalue weighted by Crippen LogP contribution is 2.37. The number of aromatic nitrogens is 2. The van der Waals surface area contributed by atoms with Crippen molar-refractivity contribution in [3.05, 3.63) is 35.1 Å². The van der Waals surface area contributed by atoms with E-state index in [4.69, 9.17) is 26.2 Å². The molecule has 1 saturated heterocycles. The van der Waals surface area contributed by atoms with Crippen molar-refractivity contribution in [3.63, 3.8) is 0 Å². The van der Waals surface area contributed by atoms with E-state index in [1.807, 2.05) is 38.5 Å². The van der Waals surface area contributed by atoms with Gasteiger partial charge in [-0.1, -0.05) is 11.6 Å². The zero-order valence-corrected chi connectivity index (χ0v) is 16.1. The number of aryl methyl sites for hydroxylation is 2. The highest BCUT2D eigenvalue weighted by Gasteiger charge is 2.38. The third kappa shape index (κ3) is 6.13. The van der Waals surface area contributed by atoms with Gasteiger partial charge in [0.05, 0.1) is 6.20 Å². The van der Waals surface area contributed by atoms with Crippen LogP contribution in [0.1, 0.15) is 18.4 Å². The summed E-state index contributed by atoms with van der Waals surface area (Å²) in [5.41, 5.74) is 3.12. The van der Waals surface area contributed by atoms with Gasteiger partial charge in [0.25, 0.3) is 0 Å². The third-order valence-corrected chi connectivity index (χ3v) is 4.29. The van der Waals surface area contributed by atoms with Crippen molar-refractivity contribution in [2.75, 3.05) is 13.1 Å². The van der Waals surface area contributed by atoms with Crippen LogP contribution < -0.4 is 10.1 Å². The molecule has 0 unspecified atom stereocenters. The van der Waals surface area contributed by atoms with Crippen molar-refractivity contribution in [3.8, 4) is 16.9 Å². The summed E-state index contributed by atoms with van der Waals surface area (Å²) in [6.45, 7) is 4.07. The van der Waals surface area contributed by atoms with Gasteiger partial charge < -0.3 is 15.2 Å². The van der Waals surface area contributed by atoms with Crippen molar-refractivity contribution in [2.24, 2.45) is 7.05 Å². The smallest absolute Gasteiger partial charge is 0.489 e. The average molecular weight is 420 g/mol. The van der Waals surface area contributed by atoms with Crippen LogP contribution in [0.2, 0.25) is 5.02 Å². The molecular weight excluding hydrogens is 399 g/mol. The second-order valence-electron chi connectivity index (χ2n) is 6.37. The molecule has 1 aliphatic rings. The molecule has 3 rings (SSSR count). The number of hydrogen-bond acceptors (Lipinski definition) is 4. The first-order valence-electron chi connectivity index (χ1n) is 8.54. The Hall–Kier alpha value is -2.26. The van der Waals surface area contributed by atoms with E-state index < -0.39 is 12.1 Å². The number of nitrogens with zero attached hydrogens (tertiary/aromatic N) is 2. The van der Waals surface area contributed by atoms with Crippen LogP contribution in [0, 0.1) is 6.92 Å². The van der Waals surface area contributed by atoms with E-state index in [2.05, 4.69) is 10.4 Å². The zero-order chi connectivity index (χ0) is 20.9. The number of hydrogen-bond donors (Lipinski definition) is 2. The first-order chi connectivity index (χ1) is 13.1. The summed E-state index contributed by atoms with van der Waals surface area (Å²) in [6, 6.07) is 3.92. The maximum atomic E-state index is 10.6. The third-order valence-electron chi connectivity index (χ3n) is 4.07. The molecule has 0 aliphatic carbocycles. The van der Waals surface area contributed by atoms with Gasteiger partial charge in [0.1, 0.15) is 11.9 Å². The summed E-state index contributed by atoms with van der Waals surface area (Å²) in [4.78, 5) is 8.90. The summed E-state index contributed by atoms with van der Waals surface area (Å²) >= 11 is 6.23. The van der Waals surface area contributed by atoms with Gasteiger partial charge >= 0.3 is 12.1 Å². The summed E-state index contributed by atoms with van der Waals surface area (Å²) in [5, 5.41) is 15.5. The molecule has 0 radical (unpaired) electrons. The van der Waals surface area contributed by atoms with Crippen molar-refractivity contribution >= 4 is 17.6 Å². The highest BCUT2D eigenvalue weighted by atomic mass is 35.5. The average Bonchev–Trinajstić information content (AvgIpc) is 3.04. The monoisotopic (exact) mass is 419 g/mol. The van der Waals surface area contributed by atoms with Gasteiger partial charge in [0.15, 0.2) is 0 Å². The molecular formula is C18H21ClF3N3O3. The summed E-state index contributed by atoms with van der Waals surface area (Å²) in [6.07, 6.45) is 1.09. The van der Waals surface area contributed by atoms with Crippen LogP contribution in [-0.4, -0.2) is 46.2 Å². The van der Waals surface area contributed by atoms with E-state index >= 15 is 0 Å². The lowest BCUT2D eigenvalue weighted by atomic mass is 10.0. The Morgan fingerprint density at radius 3 is 2.46 bits per heavy atom. The van der Waals surface area contributed by atoms with Crippen molar-refractivity contribution in [1.82, 2.24) is 15.1 Å². The Morgan fingerprint density at radius 2 is 1.96 bits per heavy atom. The van der Waals surface area contributed by atoms with Crippen LogP contribution in [0.5, 0.6) is 5.75 Å². The van der Waals surface area contributed by atoms with E-state index in [1.165, 1.54) is 0 Å². The maximum Gasteiger partial charge on any atom is 0.490 e. The molecule has 6 nitrogen and oxygen atoms in total. The minimum Gasteiger partial charge on any atom is -0.489 e. The summed E-state index contributed by atoms with van der Waals surface area (Å²) in [5.74, 6) is -1.83. The number of carbonyl (C=O) groups is 1. The Morgan fingerprint density at radius 1 is 1.36 bits per heavy atom. The normalized spacial score (nSPS) is 14.9. The maximum absolute atomic E-state index is 10.6. The second kappa shape index (κ2) is 9.29. The molecule has 1 aromatic carbocycles. The fourth-order valence-corrected chi connectivity index (χ4v) is 3.01. The van der Waals surface area contributed by atoms with Gasteiger partial charge in [-0.2, -0.15) is 18.3 Å². The van der Waals surface area contributed by atoms with E-state index in [0.717, 1.165) is 53.4 Å². The summed E-state index contributed by atoms with van der Waals surface area (Å²) in [7, 11) is 1.91. The molecule has 2 heterocycles. The molecule has 2 aromatic rings. The zero-order valence-electron chi connectivity index (χ0n) is 15.4. The summed E-state index contributed by atoms with van der Waals surface area (Å²) < 4.78 is 39.8. The van der Waals surface area contributed by atoms with Crippen LogP contribution in [0.15, 0.2) is 24.5 Å². The van der Waals surface area contributed by atoms with Gasteiger partial charge in [0.2, 0.25) is 0 Å². The molecule has 28 heavy (non-hydrogen) atoms.